The first-order chi connectivity index (χ1) is 12.7. The van der Waals surface area contributed by atoms with Crippen molar-refractivity contribution in [2.45, 2.75) is 4.90 Å². The van der Waals surface area contributed by atoms with Crippen LogP contribution in [0.1, 0.15) is 10.4 Å². The number of carbonyl (C=O) groups is 1. The minimum absolute atomic E-state index is 0. The van der Waals surface area contributed by atoms with Gasteiger partial charge in [-0.3, -0.25) is 0 Å². The largest absolute Gasteiger partial charge is 2.00 e. The zero-order valence-corrected chi connectivity index (χ0v) is 19.0. The molecule has 8 nitrogen and oxygen atoms in total. The second kappa shape index (κ2) is 8.87. The standard InChI is InChI=1S/C17H11ClN2O6S.Sr/c18-13-6-5-10(8-14(13)27(24,25)26)19-20-15-11-4-2-1-3-9(11)7-12(16(15)21)17(22)23;/h1-8,21H,(H,22,23)(H,24,25,26);/q;+2/p-2. The number of nitrogens with zero attached hydrogens (tertiary/aromatic N) is 2. The summed E-state index contributed by atoms with van der Waals surface area (Å²) in [5.41, 5.74) is -0.730. The van der Waals surface area contributed by atoms with Crippen molar-refractivity contribution in [3.8, 4) is 5.75 Å². The molecule has 0 unspecified atom stereocenters. The van der Waals surface area contributed by atoms with E-state index in [9.17, 15) is 28.0 Å². The molecule has 0 radical (unpaired) electrons. The van der Waals surface area contributed by atoms with Crippen LogP contribution in [0.4, 0.5) is 11.4 Å². The van der Waals surface area contributed by atoms with Crippen molar-refractivity contribution >= 4 is 95.3 Å². The quantitative estimate of drug-likeness (QED) is 0.337. The predicted molar refractivity (Wildman–Crippen MR) is 99.7 cm³/mol. The van der Waals surface area contributed by atoms with E-state index in [1.807, 2.05) is 0 Å². The maximum atomic E-state index is 12.4. The van der Waals surface area contributed by atoms with E-state index in [0.29, 0.717) is 10.8 Å². The van der Waals surface area contributed by atoms with E-state index in [0.717, 1.165) is 12.1 Å². The van der Waals surface area contributed by atoms with E-state index in [4.69, 9.17) is 11.6 Å². The molecule has 0 spiro atoms. The van der Waals surface area contributed by atoms with Gasteiger partial charge in [0.05, 0.1) is 26.9 Å². The van der Waals surface area contributed by atoms with E-state index >= 15 is 0 Å². The molecule has 3 aromatic rings. The predicted octanol–water partition coefficient (Wildman–Crippen LogP) is 3.20. The third kappa shape index (κ3) is 4.71. The Morgan fingerprint density at radius 2 is 1.75 bits per heavy atom. The molecule has 0 saturated heterocycles. The summed E-state index contributed by atoms with van der Waals surface area (Å²) >= 11 is 5.69. The number of hydrogen-bond acceptors (Lipinski definition) is 7. The molecule has 28 heavy (non-hydrogen) atoms. The van der Waals surface area contributed by atoms with Gasteiger partial charge in [-0.05, 0) is 29.7 Å². The topological polar surface area (TPSA) is 142 Å². The molecule has 1 N–H and O–H groups in total. The summed E-state index contributed by atoms with van der Waals surface area (Å²) in [6.45, 7) is 0. The van der Waals surface area contributed by atoms with Crippen LogP contribution in [0.2, 0.25) is 5.02 Å². The van der Waals surface area contributed by atoms with Gasteiger partial charge >= 0.3 is 51.5 Å². The zero-order valence-electron chi connectivity index (χ0n) is 14.0. The van der Waals surface area contributed by atoms with Gasteiger partial charge in [0.2, 0.25) is 0 Å². The Bertz CT molecular complexity index is 1210. The molecular formula is C17H9ClN2O6SSr. The van der Waals surface area contributed by atoms with Gasteiger partial charge in [-0.2, -0.15) is 10.2 Å². The van der Waals surface area contributed by atoms with E-state index < -0.39 is 32.3 Å². The molecule has 11 heteroatoms. The third-order valence-electron chi connectivity index (χ3n) is 3.66. The summed E-state index contributed by atoms with van der Waals surface area (Å²) < 4.78 is 33.6. The third-order valence-corrected chi connectivity index (χ3v) is 4.97. The van der Waals surface area contributed by atoms with Gasteiger partial charge in [0.25, 0.3) is 0 Å². The van der Waals surface area contributed by atoms with Crippen molar-refractivity contribution in [3.05, 3.63) is 59.1 Å². The molecule has 0 aliphatic heterocycles. The van der Waals surface area contributed by atoms with Gasteiger partial charge in [0.1, 0.15) is 10.1 Å². The zero-order chi connectivity index (χ0) is 19.8. The Kier molecular flexibility index (Phi) is 7.21. The average Bonchev–Trinajstić information content (AvgIpc) is 2.60. The number of carboxylic acid groups (broad SMARTS) is 1. The van der Waals surface area contributed by atoms with Gasteiger partial charge in [-0.25, -0.2) is 13.2 Å². The van der Waals surface area contributed by atoms with Crippen molar-refractivity contribution in [1.82, 2.24) is 0 Å². The average molecular weight is 492 g/mol. The van der Waals surface area contributed by atoms with Crippen LogP contribution < -0.4 is 5.11 Å². The summed E-state index contributed by atoms with van der Waals surface area (Å²) in [5.74, 6) is -2.25. The molecule has 0 fully saturated rings. The molecule has 0 heterocycles. The van der Waals surface area contributed by atoms with Crippen LogP contribution in [0.5, 0.6) is 5.75 Å². The van der Waals surface area contributed by atoms with E-state index in [-0.39, 0.29) is 61.9 Å². The Morgan fingerprint density at radius 3 is 2.39 bits per heavy atom. The normalized spacial score (nSPS) is 11.5. The summed E-state index contributed by atoms with van der Waals surface area (Å²) in [5, 5.41) is 29.8. The van der Waals surface area contributed by atoms with Crippen LogP contribution in [0.3, 0.4) is 0 Å². The van der Waals surface area contributed by atoms with Crippen molar-refractivity contribution in [3.63, 3.8) is 0 Å². The molecule has 0 atom stereocenters. The van der Waals surface area contributed by atoms with Gasteiger partial charge in [-0.15, -0.1) is 0 Å². The fourth-order valence-corrected chi connectivity index (χ4v) is 3.39. The SMILES string of the molecule is O=C(O)c1cc2ccccc2c(N=Nc2ccc(Cl)c(S(=O)(=O)[O-])c2)c1[O-].[Sr+2]. The number of fused-ring (bicyclic) bond motifs is 1. The molecule has 0 bridgehead atoms. The number of azo groups is 1. The smallest absolute Gasteiger partial charge is 0.870 e. The molecule has 3 aromatic carbocycles. The first kappa shape index (κ1) is 22.8. The number of aromatic carboxylic acids is 1. The van der Waals surface area contributed by atoms with Crippen LogP contribution in [0, 0.1) is 0 Å². The molecule has 0 aliphatic rings. The van der Waals surface area contributed by atoms with Crippen LogP contribution in [-0.4, -0.2) is 69.5 Å². The molecule has 0 aliphatic carbocycles. The van der Waals surface area contributed by atoms with Crippen LogP contribution >= 0.6 is 11.6 Å². The second-order valence-electron chi connectivity index (χ2n) is 5.40. The fourth-order valence-electron chi connectivity index (χ4n) is 2.42. The second-order valence-corrected chi connectivity index (χ2v) is 7.15. The first-order valence-electron chi connectivity index (χ1n) is 7.31. The van der Waals surface area contributed by atoms with Gasteiger partial charge < -0.3 is 14.8 Å². The van der Waals surface area contributed by atoms with E-state index in [2.05, 4.69) is 10.2 Å². The monoisotopic (exact) mass is 492 g/mol. The first-order valence-corrected chi connectivity index (χ1v) is 9.10. The Morgan fingerprint density at radius 1 is 1.07 bits per heavy atom. The maximum absolute atomic E-state index is 12.4. The summed E-state index contributed by atoms with van der Waals surface area (Å²) in [7, 11) is -4.82. The summed E-state index contributed by atoms with van der Waals surface area (Å²) in [6, 6.07) is 11.1. The molecular weight excluding hydrogens is 483 g/mol. The fraction of sp³-hybridized carbons (Fsp3) is 0. The van der Waals surface area contributed by atoms with Gasteiger partial charge in [0, 0.05) is 5.39 Å². The molecule has 0 saturated carbocycles. The van der Waals surface area contributed by atoms with Gasteiger partial charge in [-0.1, -0.05) is 41.6 Å². The minimum Gasteiger partial charge on any atom is -0.870 e. The maximum Gasteiger partial charge on any atom is 2.00 e. The molecule has 0 aromatic heterocycles. The van der Waals surface area contributed by atoms with Crippen LogP contribution in [0.15, 0.2) is 63.7 Å². The Labute approximate surface area is 201 Å². The van der Waals surface area contributed by atoms with Crippen molar-refractivity contribution in [1.29, 1.82) is 0 Å². The van der Waals surface area contributed by atoms with Gasteiger partial charge in [0.15, 0.2) is 0 Å². The Balaban J connectivity index is 0.00000280. The van der Waals surface area contributed by atoms with Crippen LogP contribution in [0.25, 0.3) is 10.8 Å². The number of hydrogen-bond donors (Lipinski definition) is 1. The summed E-state index contributed by atoms with van der Waals surface area (Å²) in [6.07, 6.45) is 0. The number of carboxylic acids is 1. The van der Waals surface area contributed by atoms with E-state index in [1.165, 1.54) is 12.1 Å². The van der Waals surface area contributed by atoms with Crippen molar-refractivity contribution in [2.24, 2.45) is 10.2 Å². The van der Waals surface area contributed by atoms with Crippen molar-refractivity contribution in [2.75, 3.05) is 0 Å². The number of benzene rings is 3. The Hall–Kier alpha value is -1.53. The minimum atomic E-state index is -4.82. The molecule has 3 rings (SSSR count). The summed E-state index contributed by atoms with van der Waals surface area (Å²) in [4.78, 5) is 10.6. The number of halogens is 1. The molecule has 138 valence electrons. The number of rotatable bonds is 4. The molecule has 0 amide bonds. The van der Waals surface area contributed by atoms with E-state index in [1.54, 1.807) is 24.3 Å². The van der Waals surface area contributed by atoms with Crippen molar-refractivity contribution < 1.29 is 28.0 Å². The van der Waals surface area contributed by atoms with Crippen LogP contribution in [-0.2, 0) is 10.1 Å².